The van der Waals surface area contributed by atoms with Gasteiger partial charge in [-0.3, -0.25) is 9.59 Å². The van der Waals surface area contributed by atoms with Crippen LogP contribution in [-0.4, -0.2) is 48.6 Å². The number of aliphatic hydroxyl groups is 1. The van der Waals surface area contributed by atoms with Gasteiger partial charge in [0.1, 0.15) is 11.8 Å². The number of methoxy groups -OCH3 is 1. The Balaban J connectivity index is 2.20. The van der Waals surface area contributed by atoms with E-state index in [1.807, 2.05) is 48.5 Å². The number of para-hydroxylation sites is 1. The largest absolute Gasteiger partial charge is 0.496 e. The summed E-state index contributed by atoms with van der Waals surface area (Å²) in [5, 5.41) is 11.9. The highest BCUT2D eigenvalue weighted by Gasteiger charge is 2.32. The summed E-state index contributed by atoms with van der Waals surface area (Å²) in [5.41, 5.74) is 1.90. The van der Waals surface area contributed by atoms with Gasteiger partial charge in [0.15, 0.2) is 0 Å². The van der Waals surface area contributed by atoms with Gasteiger partial charge in [-0.15, -0.1) is 0 Å². The molecule has 0 heterocycles. The molecule has 190 valence electrons. The Morgan fingerprint density at radius 3 is 2.49 bits per heavy atom. The smallest absolute Gasteiger partial charge is 0.247 e. The first-order valence-corrected chi connectivity index (χ1v) is 12.6. The third-order valence-corrected chi connectivity index (χ3v) is 5.88. The second-order valence-electron chi connectivity index (χ2n) is 8.51. The molecule has 1 unspecified atom stereocenters. The average molecular weight is 481 g/mol. The topological polar surface area (TPSA) is 78.9 Å². The number of hydrogen-bond donors (Lipinski definition) is 2. The highest BCUT2D eigenvalue weighted by atomic mass is 16.5. The number of amides is 2. The van der Waals surface area contributed by atoms with Crippen molar-refractivity contribution in [1.82, 2.24) is 10.2 Å². The van der Waals surface area contributed by atoms with Crippen molar-refractivity contribution in [3.8, 4) is 5.75 Å². The zero-order valence-corrected chi connectivity index (χ0v) is 21.1. The lowest BCUT2D eigenvalue weighted by atomic mass is 10.0. The van der Waals surface area contributed by atoms with Gasteiger partial charge in [-0.1, -0.05) is 74.0 Å². The molecule has 2 N–H and O–H groups in total. The van der Waals surface area contributed by atoms with Gasteiger partial charge in [0.05, 0.1) is 13.7 Å². The van der Waals surface area contributed by atoms with Gasteiger partial charge in [-0.25, -0.2) is 0 Å². The van der Waals surface area contributed by atoms with Crippen LogP contribution in [0.15, 0.2) is 66.7 Å². The molecule has 1 atom stereocenters. The SMILES string of the molecule is CCCCN(C(=O)CCCc1ccccc1)C(C(=O)NCCC/C=C/CO)c1ccccc1OC. The van der Waals surface area contributed by atoms with Gasteiger partial charge in [0.2, 0.25) is 11.8 Å². The molecule has 0 saturated heterocycles. The maximum absolute atomic E-state index is 13.5. The number of nitrogens with one attached hydrogen (secondary N) is 1. The zero-order chi connectivity index (χ0) is 25.3. The number of aryl methyl sites for hydroxylation is 1. The molecular formula is C29H40N2O4. The fourth-order valence-corrected chi connectivity index (χ4v) is 4.02. The van der Waals surface area contributed by atoms with Crippen LogP contribution in [0.4, 0.5) is 0 Å². The predicted molar refractivity (Wildman–Crippen MR) is 140 cm³/mol. The van der Waals surface area contributed by atoms with Crippen molar-refractivity contribution < 1.29 is 19.4 Å². The number of ether oxygens (including phenoxy) is 1. The van der Waals surface area contributed by atoms with Gasteiger partial charge in [-0.05, 0) is 43.7 Å². The molecule has 6 heteroatoms. The Kier molecular flexibility index (Phi) is 13.3. The molecule has 0 aliphatic heterocycles. The van der Waals surface area contributed by atoms with E-state index in [2.05, 4.69) is 24.4 Å². The Morgan fingerprint density at radius 2 is 1.77 bits per heavy atom. The quantitative estimate of drug-likeness (QED) is 0.266. The van der Waals surface area contributed by atoms with E-state index in [0.717, 1.165) is 38.5 Å². The van der Waals surface area contributed by atoms with Crippen molar-refractivity contribution in [3.05, 3.63) is 77.9 Å². The second-order valence-corrected chi connectivity index (χ2v) is 8.51. The Bertz CT molecular complexity index is 914. The summed E-state index contributed by atoms with van der Waals surface area (Å²) in [7, 11) is 1.58. The van der Waals surface area contributed by atoms with Gasteiger partial charge < -0.3 is 20.1 Å². The minimum absolute atomic E-state index is 0.0149. The van der Waals surface area contributed by atoms with E-state index >= 15 is 0 Å². The monoisotopic (exact) mass is 480 g/mol. The van der Waals surface area contributed by atoms with Crippen LogP contribution in [0.1, 0.15) is 62.6 Å². The number of rotatable bonds is 16. The molecule has 2 amide bonds. The molecule has 2 aromatic rings. The summed E-state index contributed by atoms with van der Waals surface area (Å²) in [6.07, 6.45) is 8.76. The van der Waals surface area contributed by atoms with E-state index < -0.39 is 6.04 Å². The minimum Gasteiger partial charge on any atom is -0.496 e. The van der Waals surface area contributed by atoms with E-state index in [1.165, 1.54) is 5.56 Å². The zero-order valence-electron chi connectivity index (χ0n) is 21.1. The summed E-state index contributed by atoms with van der Waals surface area (Å²) in [6, 6.07) is 16.8. The number of unbranched alkanes of at least 4 members (excludes halogenated alkanes) is 2. The summed E-state index contributed by atoms with van der Waals surface area (Å²) < 4.78 is 5.57. The van der Waals surface area contributed by atoms with Gasteiger partial charge in [0, 0.05) is 25.1 Å². The van der Waals surface area contributed by atoms with Gasteiger partial charge in [0.25, 0.3) is 0 Å². The Morgan fingerprint density at radius 1 is 1.03 bits per heavy atom. The van der Waals surface area contributed by atoms with Crippen molar-refractivity contribution in [2.75, 3.05) is 26.8 Å². The third-order valence-electron chi connectivity index (χ3n) is 5.88. The van der Waals surface area contributed by atoms with Crippen LogP contribution in [0, 0.1) is 0 Å². The van der Waals surface area contributed by atoms with E-state index in [9.17, 15) is 9.59 Å². The Labute approximate surface area is 210 Å². The molecule has 0 bridgehead atoms. The van der Waals surface area contributed by atoms with Crippen molar-refractivity contribution in [2.45, 2.75) is 57.9 Å². The van der Waals surface area contributed by atoms with Crippen molar-refractivity contribution >= 4 is 11.8 Å². The van der Waals surface area contributed by atoms with Gasteiger partial charge >= 0.3 is 0 Å². The maximum Gasteiger partial charge on any atom is 0.247 e. The number of carbonyl (C=O) groups is 2. The molecule has 0 aliphatic rings. The number of nitrogens with zero attached hydrogens (tertiary/aromatic N) is 1. The molecular weight excluding hydrogens is 440 g/mol. The predicted octanol–water partition coefficient (Wildman–Crippen LogP) is 4.83. The molecule has 6 nitrogen and oxygen atoms in total. The van der Waals surface area contributed by atoms with Crippen molar-refractivity contribution in [1.29, 1.82) is 0 Å². The highest BCUT2D eigenvalue weighted by molar-refractivity contribution is 5.89. The van der Waals surface area contributed by atoms with Crippen LogP contribution in [0.5, 0.6) is 5.75 Å². The van der Waals surface area contributed by atoms with E-state index in [0.29, 0.717) is 30.8 Å². The molecule has 0 radical (unpaired) electrons. The lowest BCUT2D eigenvalue weighted by molar-refractivity contribution is -0.141. The molecule has 0 saturated carbocycles. The number of hydrogen-bond acceptors (Lipinski definition) is 4. The summed E-state index contributed by atoms with van der Waals surface area (Å²) in [6.45, 7) is 3.09. The van der Waals surface area contributed by atoms with E-state index in [-0.39, 0.29) is 18.4 Å². The number of allylic oxidation sites excluding steroid dienone is 1. The molecule has 2 rings (SSSR count). The number of aliphatic hydroxyl groups excluding tert-OH is 1. The Hall–Kier alpha value is -3.12. The maximum atomic E-state index is 13.5. The average Bonchev–Trinajstić information content (AvgIpc) is 2.89. The lowest BCUT2D eigenvalue weighted by Crippen LogP contribution is -2.44. The van der Waals surface area contributed by atoms with Gasteiger partial charge in [-0.2, -0.15) is 0 Å². The number of carbonyl (C=O) groups excluding carboxylic acids is 2. The first kappa shape index (κ1) is 28.1. The summed E-state index contributed by atoms with van der Waals surface area (Å²) in [4.78, 5) is 28.7. The minimum atomic E-state index is -0.755. The fourth-order valence-electron chi connectivity index (χ4n) is 4.02. The molecule has 0 aliphatic carbocycles. The number of benzene rings is 2. The van der Waals surface area contributed by atoms with Crippen LogP contribution in [-0.2, 0) is 16.0 Å². The molecule has 0 aromatic heterocycles. The lowest BCUT2D eigenvalue weighted by Gasteiger charge is -2.32. The normalized spacial score (nSPS) is 11.9. The van der Waals surface area contributed by atoms with Crippen LogP contribution in [0.3, 0.4) is 0 Å². The summed E-state index contributed by atoms with van der Waals surface area (Å²) in [5.74, 6) is 0.372. The summed E-state index contributed by atoms with van der Waals surface area (Å²) >= 11 is 0. The molecule has 2 aromatic carbocycles. The highest BCUT2D eigenvalue weighted by Crippen LogP contribution is 2.31. The van der Waals surface area contributed by atoms with Crippen molar-refractivity contribution in [2.24, 2.45) is 0 Å². The second kappa shape index (κ2) is 16.5. The third kappa shape index (κ3) is 9.57. The van der Waals surface area contributed by atoms with E-state index in [1.54, 1.807) is 18.1 Å². The van der Waals surface area contributed by atoms with Crippen molar-refractivity contribution in [3.63, 3.8) is 0 Å². The molecule has 0 spiro atoms. The fraction of sp³-hybridized carbons (Fsp3) is 0.448. The van der Waals surface area contributed by atoms with Crippen LogP contribution >= 0.6 is 0 Å². The first-order valence-electron chi connectivity index (χ1n) is 12.6. The van der Waals surface area contributed by atoms with E-state index in [4.69, 9.17) is 9.84 Å². The van der Waals surface area contributed by atoms with Crippen LogP contribution in [0.2, 0.25) is 0 Å². The standard InChI is InChI=1S/C29H40N2O4/c1-3-4-22-31(27(33)20-14-17-24-15-8-7-9-16-24)28(25-18-10-11-19-26(25)35-2)29(34)30-21-12-5-6-13-23-32/h6-11,13,15-16,18-19,28,32H,3-5,12,14,17,20-23H2,1-2H3,(H,30,34)/b13-6+. The first-order chi connectivity index (χ1) is 17.1. The van der Waals surface area contributed by atoms with Crippen LogP contribution < -0.4 is 10.1 Å². The molecule has 35 heavy (non-hydrogen) atoms. The molecule has 0 fully saturated rings. The van der Waals surface area contributed by atoms with Crippen LogP contribution in [0.25, 0.3) is 0 Å².